The fourth-order valence-corrected chi connectivity index (χ4v) is 2.69. The van der Waals surface area contributed by atoms with E-state index in [1.165, 1.54) is 4.88 Å². The molecule has 0 saturated carbocycles. The fourth-order valence-electron chi connectivity index (χ4n) is 1.24. The summed E-state index contributed by atoms with van der Waals surface area (Å²) in [7, 11) is 0. The van der Waals surface area contributed by atoms with E-state index in [4.69, 9.17) is 0 Å². The smallest absolute Gasteiger partial charge is 0.220 e. The lowest BCUT2D eigenvalue weighted by molar-refractivity contribution is -0.121. The van der Waals surface area contributed by atoms with Crippen molar-refractivity contribution in [3.05, 3.63) is 20.8 Å². The average molecular weight is 290 g/mol. The van der Waals surface area contributed by atoms with E-state index < -0.39 is 0 Å². The third kappa shape index (κ3) is 5.33. The Hall–Kier alpha value is -0.350. The minimum Gasteiger partial charge on any atom is -0.356 e. The Morgan fingerprint density at radius 2 is 2.40 bits per heavy atom. The van der Waals surface area contributed by atoms with Crippen LogP contribution in [0.2, 0.25) is 0 Å². The Morgan fingerprint density at radius 3 is 3.00 bits per heavy atom. The van der Waals surface area contributed by atoms with Crippen LogP contribution in [0.4, 0.5) is 0 Å². The van der Waals surface area contributed by atoms with Gasteiger partial charge in [0.15, 0.2) is 0 Å². The first kappa shape index (κ1) is 12.7. The fraction of sp³-hybridized carbons (Fsp3) is 0.545. The van der Waals surface area contributed by atoms with Gasteiger partial charge in [0.1, 0.15) is 0 Å². The lowest BCUT2D eigenvalue weighted by atomic mass is 10.2. The molecule has 0 bridgehead atoms. The van der Waals surface area contributed by atoms with Crippen molar-refractivity contribution in [3.8, 4) is 0 Å². The topological polar surface area (TPSA) is 29.1 Å². The van der Waals surface area contributed by atoms with Gasteiger partial charge in [-0.1, -0.05) is 13.3 Å². The maximum Gasteiger partial charge on any atom is 0.220 e. The molecule has 1 rings (SSSR count). The molecule has 0 radical (unpaired) electrons. The van der Waals surface area contributed by atoms with Crippen molar-refractivity contribution in [1.29, 1.82) is 0 Å². The number of carbonyl (C=O) groups is 1. The number of halogens is 1. The first-order valence-electron chi connectivity index (χ1n) is 5.22. The van der Waals surface area contributed by atoms with E-state index in [2.05, 4.69) is 39.6 Å². The molecule has 0 unspecified atom stereocenters. The van der Waals surface area contributed by atoms with Crippen LogP contribution in [0.15, 0.2) is 15.9 Å². The monoisotopic (exact) mass is 289 g/mol. The van der Waals surface area contributed by atoms with Gasteiger partial charge in [0.25, 0.3) is 0 Å². The highest BCUT2D eigenvalue weighted by Crippen LogP contribution is 2.19. The Kier molecular flexibility index (Phi) is 5.95. The average Bonchev–Trinajstić information content (AvgIpc) is 2.61. The van der Waals surface area contributed by atoms with Crippen molar-refractivity contribution in [3.63, 3.8) is 0 Å². The van der Waals surface area contributed by atoms with Gasteiger partial charge < -0.3 is 5.32 Å². The lowest BCUT2D eigenvalue weighted by Gasteiger charge is -2.02. The minimum absolute atomic E-state index is 0.174. The van der Waals surface area contributed by atoms with Gasteiger partial charge in [0.05, 0.1) is 0 Å². The molecule has 0 atom stereocenters. The van der Waals surface area contributed by atoms with Crippen LogP contribution in [0.3, 0.4) is 0 Å². The van der Waals surface area contributed by atoms with Gasteiger partial charge in [-0.25, -0.2) is 0 Å². The molecule has 0 fully saturated rings. The van der Waals surface area contributed by atoms with Crippen molar-refractivity contribution in [2.75, 3.05) is 6.54 Å². The molecule has 84 valence electrons. The standard InChI is InChI=1S/C11H16BrNOS/c1-2-3-4-11(14)13-6-5-10-7-9(12)8-15-10/h7-8H,2-6H2,1H3,(H,13,14). The van der Waals surface area contributed by atoms with Crippen LogP contribution in [-0.2, 0) is 11.2 Å². The van der Waals surface area contributed by atoms with Gasteiger partial charge in [-0.3, -0.25) is 4.79 Å². The van der Waals surface area contributed by atoms with Crippen LogP contribution in [0, 0.1) is 0 Å². The number of nitrogens with one attached hydrogen (secondary N) is 1. The van der Waals surface area contributed by atoms with E-state index in [1.807, 2.05) is 0 Å². The summed E-state index contributed by atoms with van der Waals surface area (Å²) in [5, 5.41) is 4.99. The molecule has 2 nitrogen and oxygen atoms in total. The normalized spacial score (nSPS) is 10.3. The second-order valence-corrected chi connectivity index (χ2v) is 5.35. The summed E-state index contributed by atoms with van der Waals surface area (Å²) in [4.78, 5) is 12.6. The molecular formula is C11H16BrNOS. The van der Waals surface area contributed by atoms with Crippen molar-refractivity contribution in [1.82, 2.24) is 5.32 Å². The van der Waals surface area contributed by atoms with Crippen molar-refractivity contribution in [2.24, 2.45) is 0 Å². The molecule has 0 aliphatic carbocycles. The van der Waals surface area contributed by atoms with Crippen LogP contribution in [-0.4, -0.2) is 12.5 Å². The number of thiophene rings is 1. The van der Waals surface area contributed by atoms with Crippen molar-refractivity contribution < 1.29 is 4.79 Å². The molecule has 4 heteroatoms. The van der Waals surface area contributed by atoms with Crippen LogP contribution >= 0.6 is 27.3 Å². The zero-order valence-electron chi connectivity index (χ0n) is 8.88. The van der Waals surface area contributed by atoms with E-state index in [9.17, 15) is 4.79 Å². The zero-order valence-corrected chi connectivity index (χ0v) is 11.3. The Morgan fingerprint density at radius 1 is 1.60 bits per heavy atom. The SMILES string of the molecule is CCCCC(=O)NCCc1cc(Br)cs1. The second-order valence-electron chi connectivity index (χ2n) is 3.43. The highest BCUT2D eigenvalue weighted by atomic mass is 79.9. The van der Waals surface area contributed by atoms with E-state index in [0.717, 1.165) is 30.3 Å². The highest BCUT2D eigenvalue weighted by Gasteiger charge is 2.01. The van der Waals surface area contributed by atoms with Gasteiger partial charge in [-0.15, -0.1) is 11.3 Å². The lowest BCUT2D eigenvalue weighted by Crippen LogP contribution is -2.25. The van der Waals surface area contributed by atoms with Gasteiger partial charge in [-0.05, 0) is 34.8 Å². The highest BCUT2D eigenvalue weighted by molar-refractivity contribution is 9.10. The minimum atomic E-state index is 0.174. The number of amides is 1. The molecule has 15 heavy (non-hydrogen) atoms. The van der Waals surface area contributed by atoms with Crippen molar-refractivity contribution in [2.45, 2.75) is 32.6 Å². The maximum atomic E-state index is 11.3. The van der Waals surface area contributed by atoms with Gasteiger partial charge in [0, 0.05) is 27.7 Å². The number of carbonyl (C=O) groups excluding carboxylic acids is 1. The maximum absolute atomic E-state index is 11.3. The summed E-state index contributed by atoms with van der Waals surface area (Å²) in [5.74, 6) is 0.174. The summed E-state index contributed by atoms with van der Waals surface area (Å²) >= 11 is 5.13. The first-order chi connectivity index (χ1) is 7.22. The van der Waals surface area contributed by atoms with Crippen molar-refractivity contribution >= 4 is 33.2 Å². The summed E-state index contributed by atoms with van der Waals surface area (Å²) < 4.78 is 1.12. The van der Waals surface area contributed by atoms with Crippen LogP contribution < -0.4 is 5.32 Å². The van der Waals surface area contributed by atoms with E-state index in [1.54, 1.807) is 11.3 Å². The quantitative estimate of drug-likeness (QED) is 0.855. The largest absolute Gasteiger partial charge is 0.356 e. The third-order valence-electron chi connectivity index (χ3n) is 2.07. The number of rotatable bonds is 6. The van der Waals surface area contributed by atoms with Crippen LogP contribution in [0.5, 0.6) is 0 Å². The van der Waals surface area contributed by atoms with E-state index in [0.29, 0.717) is 6.42 Å². The summed E-state index contributed by atoms with van der Waals surface area (Å²) in [6.45, 7) is 2.84. The van der Waals surface area contributed by atoms with Gasteiger partial charge in [0.2, 0.25) is 5.91 Å². The Labute approximate surface area is 103 Å². The van der Waals surface area contributed by atoms with Gasteiger partial charge >= 0.3 is 0 Å². The summed E-state index contributed by atoms with van der Waals surface area (Å²) in [6.07, 6.45) is 3.64. The molecule has 0 saturated heterocycles. The Bertz CT molecular complexity index is 311. The summed E-state index contributed by atoms with van der Waals surface area (Å²) in [5.41, 5.74) is 0. The van der Waals surface area contributed by atoms with Crippen LogP contribution in [0.25, 0.3) is 0 Å². The zero-order chi connectivity index (χ0) is 11.1. The predicted octanol–water partition coefficient (Wildman–Crippen LogP) is 3.36. The third-order valence-corrected chi connectivity index (χ3v) is 3.83. The number of hydrogen-bond donors (Lipinski definition) is 1. The summed E-state index contributed by atoms with van der Waals surface area (Å²) in [6, 6.07) is 2.10. The molecule has 1 heterocycles. The molecule has 1 aromatic rings. The molecular weight excluding hydrogens is 274 g/mol. The Balaban J connectivity index is 2.13. The first-order valence-corrected chi connectivity index (χ1v) is 6.89. The number of unbranched alkanes of at least 4 members (excludes halogenated alkanes) is 1. The molecule has 0 aliphatic rings. The molecule has 0 aliphatic heterocycles. The molecule has 1 N–H and O–H groups in total. The van der Waals surface area contributed by atoms with Gasteiger partial charge in [-0.2, -0.15) is 0 Å². The molecule has 0 aromatic carbocycles. The molecule has 0 spiro atoms. The molecule has 1 aromatic heterocycles. The van der Waals surface area contributed by atoms with Crippen LogP contribution in [0.1, 0.15) is 31.1 Å². The number of hydrogen-bond acceptors (Lipinski definition) is 2. The molecule has 1 amide bonds. The second kappa shape index (κ2) is 7.01. The van der Waals surface area contributed by atoms with E-state index in [-0.39, 0.29) is 5.91 Å². The predicted molar refractivity (Wildman–Crippen MR) is 68.3 cm³/mol. The van der Waals surface area contributed by atoms with E-state index >= 15 is 0 Å².